The van der Waals surface area contributed by atoms with E-state index in [0.29, 0.717) is 23.6 Å². The molecule has 1 atom stereocenters. The Morgan fingerprint density at radius 2 is 1.93 bits per heavy atom. The molecule has 1 unspecified atom stereocenters. The van der Waals surface area contributed by atoms with Crippen LogP contribution in [0, 0.1) is 5.92 Å². The molecule has 2 aromatic rings. The maximum Gasteiger partial charge on any atom is 0.255 e. The van der Waals surface area contributed by atoms with Crippen LogP contribution in [0.3, 0.4) is 0 Å². The second kappa shape index (κ2) is 8.75. The molecule has 3 heterocycles. The van der Waals surface area contributed by atoms with Gasteiger partial charge in [-0.3, -0.25) is 19.6 Å². The topological polar surface area (TPSA) is 66.4 Å². The maximum atomic E-state index is 12.8. The molecular formula is C21H26N4O2. The van der Waals surface area contributed by atoms with Crippen molar-refractivity contribution >= 4 is 11.8 Å². The number of rotatable bonds is 5. The third kappa shape index (κ3) is 4.90. The van der Waals surface area contributed by atoms with Crippen LogP contribution < -0.4 is 0 Å². The van der Waals surface area contributed by atoms with Gasteiger partial charge in [0.05, 0.1) is 11.1 Å². The summed E-state index contributed by atoms with van der Waals surface area (Å²) in [7, 11) is 1.77. The predicted octanol–water partition coefficient (Wildman–Crippen LogP) is 2.66. The summed E-state index contributed by atoms with van der Waals surface area (Å²) in [5, 5.41) is 0. The van der Waals surface area contributed by atoms with E-state index in [0.717, 1.165) is 37.9 Å². The highest BCUT2D eigenvalue weighted by atomic mass is 16.2. The Labute approximate surface area is 160 Å². The molecule has 3 rings (SSSR count). The number of aromatic nitrogens is 2. The van der Waals surface area contributed by atoms with Gasteiger partial charge in [0.25, 0.3) is 11.8 Å². The Kier molecular flexibility index (Phi) is 6.16. The van der Waals surface area contributed by atoms with E-state index in [4.69, 9.17) is 0 Å². The zero-order valence-electron chi connectivity index (χ0n) is 16.0. The Balaban J connectivity index is 1.65. The first kappa shape index (κ1) is 19.0. The number of likely N-dealkylation sites (N-methyl/N-ethyl adjacent to an activating group) is 1. The lowest BCUT2D eigenvalue weighted by molar-refractivity contribution is 0.0682. The fourth-order valence-corrected chi connectivity index (χ4v) is 3.40. The van der Waals surface area contributed by atoms with Crippen LogP contribution in [0.2, 0.25) is 0 Å². The minimum Gasteiger partial charge on any atom is -0.341 e. The standard InChI is InChI=1S/C21H26N4O2/c1-16-4-3-10-25(15-16)21(27)19-12-18(13-23-14-19)20(26)24(2)11-7-17-5-8-22-9-6-17/h5-6,8-9,12-14,16H,3-4,7,10-11,15H2,1-2H3. The summed E-state index contributed by atoms with van der Waals surface area (Å²) in [6.45, 7) is 4.29. The molecule has 6 nitrogen and oxygen atoms in total. The number of nitrogens with zero attached hydrogens (tertiary/aromatic N) is 4. The summed E-state index contributed by atoms with van der Waals surface area (Å²) >= 11 is 0. The molecule has 1 aliphatic heterocycles. The molecule has 0 aromatic carbocycles. The van der Waals surface area contributed by atoms with Gasteiger partial charge in [0, 0.05) is 51.5 Å². The van der Waals surface area contributed by atoms with E-state index in [1.165, 1.54) is 6.20 Å². The molecule has 0 spiro atoms. The van der Waals surface area contributed by atoms with Crippen molar-refractivity contribution in [2.24, 2.45) is 5.92 Å². The molecular weight excluding hydrogens is 340 g/mol. The molecule has 0 radical (unpaired) electrons. The van der Waals surface area contributed by atoms with Gasteiger partial charge in [-0.25, -0.2) is 0 Å². The normalized spacial score (nSPS) is 16.8. The van der Waals surface area contributed by atoms with Crippen LogP contribution in [-0.4, -0.2) is 58.3 Å². The highest BCUT2D eigenvalue weighted by molar-refractivity contribution is 5.99. The molecule has 0 saturated carbocycles. The fourth-order valence-electron chi connectivity index (χ4n) is 3.40. The minimum atomic E-state index is -0.127. The first-order valence-corrected chi connectivity index (χ1v) is 9.43. The second-order valence-corrected chi connectivity index (χ2v) is 7.29. The van der Waals surface area contributed by atoms with Crippen LogP contribution in [0.25, 0.3) is 0 Å². The van der Waals surface area contributed by atoms with E-state index in [2.05, 4.69) is 16.9 Å². The number of amides is 2. The average molecular weight is 366 g/mol. The molecule has 27 heavy (non-hydrogen) atoms. The molecule has 0 bridgehead atoms. The van der Waals surface area contributed by atoms with Gasteiger partial charge in [0.1, 0.15) is 0 Å². The number of hydrogen-bond acceptors (Lipinski definition) is 4. The van der Waals surface area contributed by atoms with E-state index in [1.54, 1.807) is 36.6 Å². The van der Waals surface area contributed by atoms with Gasteiger partial charge < -0.3 is 9.80 Å². The summed E-state index contributed by atoms with van der Waals surface area (Å²) in [6.07, 6.45) is 9.51. The van der Waals surface area contributed by atoms with Gasteiger partial charge in [-0.1, -0.05) is 6.92 Å². The highest BCUT2D eigenvalue weighted by Crippen LogP contribution is 2.18. The van der Waals surface area contributed by atoms with Crippen molar-refractivity contribution in [1.29, 1.82) is 0 Å². The largest absolute Gasteiger partial charge is 0.341 e. The second-order valence-electron chi connectivity index (χ2n) is 7.29. The molecule has 0 N–H and O–H groups in total. The summed E-state index contributed by atoms with van der Waals surface area (Å²) in [6, 6.07) is 5.55. The summed E-state index contributed by atoms with van der Waals surface area (Å²) in [4.78, 5) is 37.1. The van der Waals surface area contributed by atoms with Crippen molar-refractivity contribution in [3.63, 3.8) is 0 Å². The molecule has 1 fully saturated rings. The van der Waals surface area contributed by atoms with Crippen molar-refractivity contribution in [3.8, 4) is 0 Å². The molecule has 2 aromatic heterocycles. The van der Waals surface area contributed by atoms with Crippen molar-refractivity contribution < 1.29 is 9.59 Å². The van der Waals surface area contributed by atoms with Crippen molar-refractivity contribution in [2.75, 3.05) is 26.7 Å². The van der Waals surface area contributed by atoms with E-state index < -0.39 is 0 Å². The molecule has 1 aliphatic rings. The quantitative estimate of drug-likeness (QED) is 0.816. The van der Waals surface area contributed by atoms with Crippen LogP contribution in [0.4, 0.5) is 0 Å². The Morgan fingerprint density at radius 3 is 2.67 bits per heavy atom. The third-order valence-corrected chi connectivity index (χ3v) is 5.01. The number of likely N-dealkylation sites (tertiary alicyclic amines) is 1. The zero-order valence-corrected chi connectivity index (χ0v) is 16.0. The molecule has 2 amide bonds. The molecule has 1 saturated heterocycles. The molecule has 0 aliphatic carbocycles. The van der Waals surface area contributed by atoms with Gasteiger partial charge in [-0.2, -0.15) is 0 Å². The molecule has 142 valence electrons. The lowest BCUT2D eigenvalue weighted by atomic mass is 9.99. The Hall–Kier alpha value is -2.76. The number of piperidine rings is 1. The number of hydrogen-bond donors (Lipinski definition) is 0. The fraction of sp³-hybridized carbons (Fsp3) is 0.429. The van der Waals surface area contributed by atoms with Crippen molar-refractivity contribution in [1.82, 2.24) is 19.8 Å². The summed E-state index contributed by atoms with van der Waals surface area (Å²) in [5.74, 6) is 0.348. The van der Waals surface area contributed by atoms with Crippen molar-refractivity contribution in [3.05, 3.63) is 59.7 Å². The van der Waals surface area contributed by atoms with E-state index in [-0.39, 0.29) is 11.8 Å². The maximum absolute atomic E-state index is 12.8. The summed E-state index contributed by atoms with van der Waals surface area (Å²) in [5.41, 5.74) is 2.06. The predicted molar refractivity (Wildman–Crippen MR) is 103 cm³/mol. The van der Waals surface area contributed by atoms with Crippen LogP contribution in [0.15, 0.2) is 43.0 Å². The van der Waals surface area contributed by atoms with Gasteiger partial charge in [0.15, 0.2) is 0 Å². The molecule has 6 heteroatoms. The van der Waals surface area contributed by atoms with Crippen LogP contribution in [-0.2, 0) is 6.42 Å². The van der Waals surface area contributed by atoms with Crippen LogP contribution >= 0.6 is 0 Å². The van der Waals surface area contributed by atoms with Gasteiger partial charge in [-0.05, 0) is 48.9 Å². The first-order valence-electron chi connectivity index (χ1n) is 9.43. The van der Waals surface area contributed by atoms with E-state index in [1.807, 2.05) is 17.0 Å². The minimum absolute atomic E-state index is 0.0388. The Bertz CT molecular complexity index is 794. The smallest absolute Gasteiger partial charge is 0.255 e. The van der Waals surface area contributed by atoms with Gasteiger partial charge >= 0.3 is 0 Å². The van der Waals surface area contributed by atoms with Gasteiger partial charge in [0.2, 0.25) is 0 Å². The van der Waals surface area contributed by atoms with E-state index >= 15 is 0 Å². The SMILES string of the molecule is CC1CCCN(C(=O)c2cncc(C(=O)N(C)CCc3ccncc3)c2)C1. The number of carbonyl (C=O) groups is 2. The number of carbonyl (C=O) groups excluding carboxylic acids is 2. The lowest BCUT2D eigenvalue weighted by Crippen LogP contribution is -2.39. The van der Waals surface area contributed by atoms with Crippen molar-refractivity contribution in [2.45, 2.75) is 26.2 Å². The van der Waals surface area contributed by atoms with Crippen LogP contribution in [0.5, 0.6) is 0 Å². The average Bonchev–Trinajstić information content (AvgIpc) is 2.71. The number of pyridine rings is 2. The lowest BCUT2D eigenvalue weighted by Gasteiger charge is -2.31. The monoisotopic (exact) mass is 366 g/mol. The Morgan fingerprint density at radius 1 is 1.19 bits per heavy atom. The van der Waals surface area contributed by atoms with Gasteiger partial charge in [-0.15, -0.1) is 0 Å². The third-order valence-electron chi connectivity index (χ3n) is 5.01. The van der Waals surface area contributed by atoms with E-state index in [9.17, 15) is 9.59 Å². The zero-order chi connectivity index (χ0) is 19.2. The summed E-state index contributed by atoms with van der Waals surface area (Å²) < 4.78 is 0. The van der Waals surface area contributed by atoms with Crippen LogP contribution in [0.1, 0.15) is 46.0 Å². The first-order chi connectivity index (χ1) is 13.0. The highest BCUT2D eigenvalue weighted by Gasteiger charge is 2.23.